The summed E-state index contributed by atoms with van der Waals surface area (Å²) >= 11 is 0. The van der Waals surface area contributed by atoms with Gasteiger partial charge in [0.25, 0.3) is 5.97 Å². The first-order valence-corrected chi connectivity index (χ1v) is 1.37. The quantitative estimate of drug-likeness (QED) is 0.387. The Balaban J connectivity index is -0.0000000183. The molecule has 7 N–H and O–H groups in total. The van der Waals surface area contributed by atoms with Crippen LogP contribution in [0.15, 0.2) is 0 Å². The van der Waals surface area contributed by atoms with E-state index in [4.69, 9.17) is 15.0 Å². The lowest BCUT2D eigenvalue weighted by Gasteiger charge is -1.59. The highest BCUT2D eigenvalue weighted by Crippen LogP contribution is 1.42. The molecule has 0 unspecified atom stereocenters. The van der Waals surface area contributed by atoms with Gasteiger partial charge in [-0.15, -0.1) is 0 Å². The van der Waals surface area contributed by atoms with Crippen LogP contribution in [0.5, 0.6) is 0 Å². The molecule has 5 nitrogen and oxygen atoms in total. The largest absolute Gasteiger partial charge is 0.481 e. The van der Waals surface area contributed by atoms with E-state index in [0.717, 1.165) is 14.0 Å². The zero-order valence-corrected chi connectivity index (χ0v) is 5.01. The molecule has 0 rings (SSSR count). The number of carboxylic acids is 1. The lowest BCUT2D eigenvalue weighted by Crippen LogP contribution is -1.78. The lowest BCUT2D eigenvalue weighted by molar-refractivity contribution is -0.134. The van der Waals surface area contributed by atoms with Crippen molar-refractivity contribution in [3.05, 3.63) is 0 Å². The molecule has 0 saturated carbocycles. The van der Waals surface area contributed by atoms with E-state index in [9.17, 15) is 0 Å². The maximum Gasteiger partial charge on any atom is 0.300 e. The molecule has 0 aromatic carbocycles. The highest BCUT2D eigenvalue weighted by molar-refractivity contribution is 5.62. The number of aliphatic hydroxyl groups excluding tert-OH is 1. The molecule has 0 aliphatic heterocycles. The lowest BCUT2D eigenvalue weighted by atomic mass is 10.9. The topological polar surface area (TPSA) is 124 Å². The van der Waals surface area contributed by atoms with Crippen molar-refractivity contribution in [2.24, 2.45) is 0 Å². The number of rotatable bonds is 0. The van der Waals surface area contributed by atoms with E-state index >= 15 is 0 Å². The summed E-state index contributed by atoms with van der Waals surface area (Å²) in [4.78, 5) is 9.00. The second kappa shape index (κ2) is 32.9. The highest BCUT2D eigenvalue weighted by Gasteiger charge is 1.65. The molecule has 8 heavy (non-hydrogen) atoms. The fourth-order valence-corrected chi connectivity index (χ4v) is 0. The van der Waals surface area contributed by atoms with Crippen molar-refractivity contribution in [2.45, 2.75) is 6.92 Å². The van der Waals surface area contributed by atoms with E-state index in [1.165, 1.54) is 0 Å². The molecule has 0 radical (unpaired) electrons. The summed E-state index contributed by atoms with van der Waals surface area (Å²) in [5.41, 5.74) is 0. The Labute approximate surface area is 47.8 Å². The Kier molecular flexibility index (Phi) is 109. The number of hydrogen-bond donors (Lipinski definition) is 3. The number of aliphatic hydroxyl groups is 1. The van der Waals surface area contributed by atoms with Gasteiger partial charge in [-0.2, -0.15) is 0 Å². The number of carboxylic acid groups (broad SMARTS) is 1. The SMILES string of the molecule is CC(=O)O.CO.N.O. The molecule has 0 fully saturated rings. The average Bonchev–Trinajstić information content (AvgIpc) is 1.41. The van der Waals surface area contributed by atoms with Gasteiger partial charge in [0, 0.05) is 14.0 Å². The Hall–Kier alpha value is -0.650. The van der Waals surface area contributed by atoms with Crippen molar-refractivity contribution in [3.8, 4) is 0 Å². The molecule has 0 atom stereocenters. The number of carbonyl (C=O) groups is 1. The van der Waals surface area contributed by atoms with Gasteiger partial charge in [0.05, 0.1) is 0 Å². The smallest absolute Gasteiger partial charge is 0.300 e. The highest BCUT2D eigenvalue weighted by atomic mass is 16.4. The number of aliphatic carboxylic acids is 1. The first-order chi connectivity index (χ1) is 2.73. The summed E-state index contributed by atoms with van der Waals surface area (Å²) in [6, 6.07) is 0. The molecule has 0 aromatic rings. The van der Waals surface area contributed by atoms with Crippen molar-refractivity contribution in [1.29, 1.82) is 0 Å². The van der Waals surface area contributed by atoms with Gasteiger partial charge in [0.15, 0.2) is 0 Å². The van der Waals surface area contributed by atoms with Gasteiger partial charge in [-0.3, -0.25) is 4.79 Å². The van der Waals surface area contributed by atoms with Crippen molar-refractivity contribution in [3.63, 3.8) is 0 Å². The summed E-state index contributed by atoms with van der Waals surface area (Å²) in [7, 11) is 1.00. The molecule has 0 heterocycles. The van der Waals surface area contributed by atoms with Crippen molar-refractivity contribution in [1.82, 2.24) is 6.15 Å². The van der Waals surface area contributed by atoms with Gasteiger partial charge in [-0.05, 0) is 0 Å². The van der Waals surface area contributed by atoms with Crippen LogP contribution in [0.1, 0.15) is 6.92 Å². The summed E-state index contributed by atoms with van der Waals surface area (Å²) in [5, 5.41) is 14.4. The normalized spacial score (nSPS) is 3.88. The van der Waals surface area contributed by atoms with Crippen molar-refractivity contribution in [2.75, 3.05) is 7.11 Å². The minimum atomic E-state index is -0.833. The zero-order valence-electron chi connectivity index (χ0n) is 5.01. The van der Waals surface area contributed by atoms with Gasteiger partial charge in [0.1, 0.15) is 0 Å². The molecule has 0 spiro atoms. The third-order valence-corrected chi connectivity index (χ3v) is 0. The first-order valence-electron chi connectivity index (χ1n) is 1.37. The Bertz CT molecular complexity index is 34.3. The fraction of sp³-hybridized carbons (Fsp3) is 0.667. The Morgan fingerprint density at radius 2 is 1.38 bits per heavy atom. The molecule has 0 amide bonds. The van der Waals surface area contributed by atoms with E-state index in [1.807, 2.05) is 0 Å². The summed E-state index contributed by atoms with van der Waals surface area (Å²) < 4.78 is 0. The Morgan fingerprint density at radius 1 is 1.38 bits per heavy atom. The van der Waals surface area contributed by atoms with Crippen LogP contribution in [0, 0.1) is 0 Å². The maximum absolute atomic E-state index is 9.00. The third kappa shape index (κ3) is 240. The van der Waals surface area contributed by atoms with E-state index in [-0.39, 0.29) is 11.6 Å². The third-order valence-electron chi connectivity index (χ3n) is 0. The van der Waals surface area contributed by atoms with Crippen LogP contribution in [-0.4, -0.2) is 28.8 Å². The molecule has 0 bridgehead atoms. The molecular weight excluding hydrogens is 114 g/mol. The fourth-order valence-electron chi connectivity index (χ4n) is 0. The zero-order chi connectivity index (χ0) is 5.58. The van der Waals surface area contributed by atoms with Gasteiger partial charge < -0.3 is 21.8 Å². The summed E-state index contributed by atoms with van der Waals surface area (Å²) in [6.45, 7) is 1.08. The van der Waals surface area contributed by atoms with Gasteiger partial charge in [-0.25, -0.2) is 0 Å². The molecule has 0 aliphatic rings. The molecule has 0 aliphatic carbocycles. The van der Waals surface area contributed by atoms with Crippen LogP contribution in [0.2, 0.25) is 0 Å². The van der Waals surface area contributed by atoms with Crippen molar-refractivity contribution >= 4 is 5.97 Å². The first kappa shape index (κ1) is 26.4. The van der Waals surface area contributed by atoms with E-state index in [2.05, 4.69) is 0 Å². The van der Waals surface area contributed by atoms with Crippen molar-refractivity contribution < 1.29 is 20.5 Å². The van der Waals surface area contributed by atoms with E-state index < -0.39 is 5.97 Å². The minimum Gasteiger partial charge on any atom is -0.481 e. The summed E-state index contributed by atoms with van der Waals surface area (Å²) in [6.07, 6.45) is 0. The molecular formula is C3H13NO4. The van der Waals surface area contributed by atoms with E-state index in [0.29, 0.717) is 0 Å². The number of hydrogen-bond acceptors (Lipinski definition) is 3. The second-order valence-corrected chi connectivity index (χ2v) is 0.519. The maximum atomic E-state index is 9.00. The average molecular weight is 127 g/mol. The predicted octanol–water partition coefficient (Wildman–Crippen LogP) is -0.963. The molecule has 54 valence electrons. The van der Waals surface area contributed by atoms with Crippen LogP contribution < -0.4 is 6.15 Å². The van der Waals surface area contributed by atoms with Gasteiger partial charge in [-0.1, -0.05) is 0 Å². The monoisotopic (exact) mass is 127 g/mol. The van der Waals surface area contributed by atoms with Gasteiger partial charge in [0.2, 0.25) is 0 Å². The predicted molar refractivity (Wildman–Crippen MR) is 30.1 cm³/mol. The molecule has 0 saturated heterocycles. The molecule has 5 heteroatoms. The molecule has 0 aromatic heterocycles. The second-order valence-electron chi connectivity index (χ2n) is 0.519. The van der Waals surface area contributed by atoms with Crippen LogP contribution in [0.4, 0.5) is 0 Å². The summed E-state index contributed by atoms with van der Waals surface area (Å²) in [5.74, 6) is -0.833. The standard InChI is InChI=1S/C2H4O2.CH4O.H3N.H2O/c1-2(3)4;1-2;;/h1H3,(H,3,4);2H,1H3;1H3;1H2. The van der Waals surface area contributed by atoms with Crippen LogP contribution in [0.3, 0.4) is 0 Å². The van der Waals surface area contributed by atoms with Crippen LogP contribution >= 0.6 is 0 Å². The van der Waals surface area contributed by atoms with Crippen LogP contribution in [0.25, 0.3) is 0 Å². The van der Waals surface area contributed by atoms with Gasteiger partial charge >= 0.3 is 0 Å². The Morgan fingerprint density at radius 3 is 1.38 bits per heavy atom. The van der Waals surface area contributed by atoms with Crippen LogP contribution in [-0.2, 0) is 4.79 Å². The minimum absolute atomic E-state index is 0. The van der Waals surface area contributed by atoms with E-state index in [1.54, 1.807) is 0 Å².